The lowest BCUT2D eigenvalue weighted by molar-refractivity contribution is -0.210. The minimum atomic E-state index is -1.16. The molecule has 9 atom stereocenters. The van der Waals surface area contributed by atoms with Crippen molar-refractivity contribution in [2.45, 2.75) is 77.4 Å². The van der Waals surface area contributed by atoms with Crippen LogP contribution in [0.25, 0.3) is 0 Å². The third kappa shape index (κ3) is 7.13. The molecule has 3 N–H and O–H groups in total. The molecule has 0 bridgehead atoms. The van der Waals surface area contributed by atoms with Gasteiger partial charge in [0.25, 0.3) is 5.91 Å². The van der Waals surface area contributed by atoms with Crippen LogP contribution < -0.4 is 16.0 Å². The highest BCUT2D eigenvalue weighted by Gasteiger charge is 2.54. The molecule has 5 amide bonds. The fourth-order valence-corrected chi connectivity index (χ4v) is 6.09. The Morgan fingerprint density at radius 1 is 1.05 bits per heavy atom. The summed E-state index contributed by atoms with van der Waals surface area (Å²) in [5.74, 6) is -4.01. The van der Waals surface area contributed by atoms with Crippen molar-refractivity contribution >= 4 is 35.5 Å². The second-order valence-electron chi connectivity index (χ2n) is 10.8. The topological polar surface area (TPSA) is 169 Å². The van der Waals surface area contributed by atoms with Crippen molar-refractivity contribution in [1.82, 2.24) is 20.9 Å². The Morgan fingerprint density at radius 2 is 1.73 bits per heavy atom. The second-order valence-corrected chi connectivity index (χ2v) is 10.8. The van der Waals surface area contributed by atoms with Gasteiger partial charge in [-0.3, -0.25) is 33.7 Å². The zero-order valence-corrected chi connectivity index (χ0v) is 24.5. The van der Waals surface area contributed by atoms with E-state index in [4.69, 9.17) is 14.2 Å². The van der Waals surface area contributed by atoms with E-state index in [0.717, 1.165) is 0 Å². The smallest absolute Gasteiger partial charge is 0.303 e. The maximum atomic E-state index is 13.5. The highest BCUT2D eigenvalue weighted by Crippen LogP contribution is 2.41. The van der Waals surface area contributed by atoms with Gasteiger partial charge in [-0.1, -0.05) is 26.0 Å². The molecule has 0 saturated carbocycles. The molecule has 0 radical (unpaired) electrons. The zero-order chi connectivity index (χ0) is 30.4. The van der Waals surface area contributed by atoms with E-state index in [1.54, 1.807) is 0 Å². The first kappa shape index (κ1) is 32.2. The van der Waals surface area contributed by atoms with Crippen LogP contribution in [-0.2, 0) is 43.0 Å². The first-order valence-electron chi connectivity index (χ1n) is 14.1. The molecule has 228 valence electrons. The van der Waals surface area contributed by atoms with Gasteiger partial charge in [-0.2, -0.15) is 0 Å². The summed E-state index contributed by atoms with van der Waals surface area (Å²) in [5, 5.41) is 8.13. The van der Waals surface area contributed by atoms with Crippen molar-refractivity contribution in [3.05, 3.63) is 12.2 Å². The molecule has 1 aliphatic carbocycles. The molecule has 3 rings (SSSR count). The fraction of sp³-hybridized carbons (Fsp3) is 0.714. The first-order valence-corrected chi connectivity index (χ1v) is 14.1. The van der Waals surface area contributed by atoms with Gasteiger partial charge in [-0.05, 0) is 18.8 Å². The number of hydrogen-bond acceptors (Lipinski definition) is 9. The minimum absolute atomic E-state index is 0.0642. The van der Waals surface area contributed by atoms with E-state index in [9.17, 15) is 28.8 Å². The standard InChI is InChI=1S/C28H42N4O9/c1-7-18-22(31-15(3)33)23(40-16(4)34)24(39-6)25(41-18)26(36)30-13-17-11-10-14(2)20-21(17)28(38)32(27(20)37)12-8-9-19(35)29-5/h10-11,14,17-18,20-25H,7-9,12-13H2,1-6H3,(H,29,35)(H,30,36)(H,31,33)/t14?,17?,18-,20?,21?,22?,23-,24?,25?/m1/s1. The number of carbonyl (C=O) groups excluding carboxylic acids is 6. The molecule has 0 aromatic rings. The van der Waals surface area contributed by atoms with Crippen LogP contribution >= 0.6 is 0 Å². The van der Waals surface area contributed by atoms with E-state index >= 15 is 0 Å². The molecule has 3 aliphatic rings. The SMILES string of the molecule is CC[C@H]1OC(C(=O)NCC2C=CC(C)C3C(=O)N(CCCC(=O)NC)C(=O)C23)C(OC)[C@H](OC(C)=O)C1NC(C)=O. The molecule has 41 heavy (non-hydrogen) atoms. The Balaban J connectivity index is 1.74. The van der Waals surface area contributed by atoms with Gasteiger partial charge in [-0.15, -0.1) is 0 Å². The van der Waals surface area contributed by atoms with E-state index in [2.05, 4.69) is 16.0 Å². The number of nitrogens with zero attached hydrogens (tertiary/aromatic N) is 1. The molecular weight excluding hydrogens is 536 g/mol. The number of hydrogen-bond donors (Lipinski definition) is 3. The average Bonchev–Trinajstić information content (AvgIpc) is 3.18. The van der Waals surface area contributed by atoms with Crippen LogP contribution in [0.4, 0.5) is 0 Å². The van der Waals surface area contributed by atoms with E-state index in [0.29, 0.717) is 12.8 Å². The van der Waals surface area contributed by atoms with Crippen molar-refractivity contribution in [1.29, 1.82) is 0 Å². The number of ether oxygens (including phenoxy) is 3. The molecule has 7 unspecified atom stereocenters. The van der Waals surface area contributed by atoms with Crippen LogP contribution in [-0.4, -0.2) is 98.1 Å². The van der Waals surface area contributed by atoms with Crippen molar-refractivity contribution in [3.63, 3.8) is 0 Å². The van der Waals surface area contributed by atoms with Gasteiger partial charge in [0.1, 0.15) is 6.10 Å². The number of fused-ring (bicyclic) bond motifs is 1. The second kappa shape index (κ2) is 14.0. The van der Waals surface area contributed by atoms with Gasteiger partial charge in [-0.25, -0.2) is 0 Å². The molecule has 13 nitrogen and oxygen atoms in total. The fourth-order valence-electron chi connectivity index (χ4n) is 6.09. The number of esters is 1. The van der Waals surface area contributed by atoms with Crippen LogP contribution in [0, 0.1) is 23.7 Å². The number of nitrogens with one attached hydrogen (secondary N) is 3. The normalized spacial score (nSPS) is 32.7. The van der Waals surface area contributed by atoms with E-state index in [1.165, 1.54) is 32.9 Å². The lowest BCUT2D eigenvalue weighted by atomic mass is 9.72. The monoisotopic (exact) mass is 578 g/mol. The highest BCUT2D eigenvalue weighted by molar-refractivity contribution is 6.06. The molecule has 0 spiro atoms. The van der Waals surface area contributed by atoms with E-state index < -0.39 is 60.1 Å². The Hall–Kier alpha value is -3.32. The number of methoxy groups -OCH3 is 1. The van der Waals surface area contributed by atoms with Gasteiger partial charge >= 0.3 is 5.97 Å². The van der Waals surface area contributed by atoms with Crippen LogP contribution in [0.5, 0.6) is 0 Å². The van der Waals surface area contributed by atoms with Gasteiger partial charge in [0, 0.05) is 53.4 Å². The number of allylic oxidation sites excluding steroid dienone is 1. The van der Waals surface area contributed by atoms with Crippen molar-refractivity contribution in [2.75, 3.05) is 27.2 Å². The maximum Gasteiger partial charge on any atom is 0.303 e. The van der Waals surface area contributed by atoms with Crippen LogP contribution in [0.15, 0.2) is 12.2 Å². The third-order valence-electron chi connectivity index (χ3n) is 8.06. The van der Waals surface area contributed by atoms with Gasteiger partial charge < -0.3 is 30.2 Å². The molecule has 2 saturated heterocycles. The largest absolute Gasteiger partial charge is 0.457 e. The summed E-state index contributed by atoms with van der Waals surface area (Å²) in [4.78, 5) is 76.7. The third-order valence-corrected chi connectivity index (χ3v) is 8.06. The summed E-state index contributed by atoms with van der Waals surface area (Å²) >= 11 is 0. The maximum absolute atomic E-state index is 13.5. The quantitative estimate of drug-likeness (QED) is 0.169. The van der Waals surface area contributed by atoms with Crippen molar-refractivity contribution < 1.29 is 43.0 Å². The summed E-state index contributed by atoms with van der Waals surface area (Å²) in [7, 11) is 2.89. The Bertz CT molecular complexity index is 1060. The van der Waals surface area contributed by atoms with Gasteiger partial charge in [0.05, 0.1) is 24.0 Å². The summed E-state index contributed by atoms with van der Waals surface area (Å²) < 4.78 is 17.2. The molecule has 2 heterocycles. The number of amides is 5. The Kier molecular flexibility index (Phi) is 11.0. The summed E-state index contributed by atoms with van der Waals surface area (Å²) in [6, 6.07) is -0.726. The van der Waals surface area contributed by atoms with Gasteiger partial charge in [0.2, 0.25) is 23.6 Å². The average molecular weight is 579 g/mol. The Labute approximate surface area is 240 Å². The molecule has 0 aromatic carbocycles. The molecule has 2 fully saturated rings. The van der Waals surface area contributed by atoms with Crippen LogP contribution in [0.1, 0.15) is 47.0 Å². The first-order chi connectivity index (χ1) is 19.4. The summed E-state index contributed by atoms with van der Waals surface area (Å²) in [6.45, 7) is 6.49. The number of imide groups is 1. The number of likely N-dealkylation sites (tertiary alicyclic amines) is 1. The zero-order valence-electron chi connectivity index (χ0n) is 24.5. The molecular formula is C28H42N4O9. The molecule has 2 aliphatic heterocycles. The summed E-state index contributed by atoms with van der Waals surface area (Å²) in [6.07, 6.45) is 0.922. The lowest BCUT2D eigenvalue weighted by Crippen LogP contribution is -2.67. The van der Waals surface area contributed by atoms with Crippen molar-refractivity contribution in [2.24, 2.45) is 23.7 Å². The predicted octanol–water partition coefficient (Wildman–Crippen LogP) is -0.319. The van der Waals surface area contributed by atoms with Crippen molar-refractivity contribution in [3.8, 4) is 0 Å². The lowest BCUT2D eigenvalue weighted by Gasteiger charge is -2.45. The van der Waals surface area contributed by atoms with Crippen LogP contribution in [0.2, 0.25) is 0 Å². The van der Waals surface area contributed by atoms with Crippen LogP contribution in [0.3, 0.4) is 0 Å². The number of rotatable bonds is 11. The van der Waals surface area contributed by atoms with E-state index in [-0.39, 0.29) is 49.1 Å². The number of carbonyl (C=O) groups is 6. The highest BCUT2D eigenvalue weighted by atomic mass is 16.6. The predicted molar refractivity (Wildman–Crippen MR) is 145 cm³/mol. The molecule has 0 aromatic heterocycles. The Morgan fingerprint density at radius 3 is 2.32 bits per heavy atom. The van der Waals surface area contributed by atoms with Gasteiger partial charge in [0.15, 0.2) is 12.2 Å². The van der Waals surface area contributed by atoms with E-state index in [1.807, 2.05) is 26.0 Å². The minimum Gasteiger partial charge on any atom is -0.457 e. The molecule has 13 heteroatoms. The summed E-state index contributed by atoms with van der Waals surface area (Å²) in [5.41, 5.74) is 0.